The number of fused-ring (bicyclic) bond motifs is 2. The minimum Gasteiger partial charge on any atom is -0.390 e. The average molecular weight is 452 g/mol. The molecule has 1 aromatic carbocycles. The molecule has 1 aromatic rings. The Morgan fingerprint density at radius 3 is 2.58 bits per heavy atom. The van der Waals surface area contributed by atoms with Gasteiger partial charge in [0, 0.05) is 25.3 Å². The Morgan fingerprint density at radius 2 is 1.90 bits per heavy atom. The zero-order chi connectivity index (χ0) is 21.6. The highest BCUT2D eigenvalue weighted by atomic mass is 35.5. The van der Waals surface area contributed by atoms with Crippen LogP contribution < -0.4 is 16.0 Å². The number of carbonyl (C=O) groups is 1. The molecule has 176 valence electrons. The summed E-state index contributed by atoms with van der Waals surface area (Å²) in [6.07, 6.45) is 9.77. The summed E-state index contributed by atoms with van der Waals surface area (Å²) in [5.41, 5.74) is 1.08. The topological polar surface area (TPSA) is 73.4 Å². The molecule has 2 bridgehead atoms. The van der Waals surface area contributed by atoms with E-state index in [-0.39, 0.29) is 13.3 Å². The zero-order valence-electron chi connectivity index (χ0n) is 18.5. The fourth-order valence-corrected chi connectivity index (χ4v) is 5.26. The molecule has 3 rings (SSSR count). The summed E-state index contributed by atoms with van der Waals surface area (Å²) in [7, 11) is 0. The summed E-state index contributed by atoms with van der Waals surface area (Å²) in [4.78, 5) is 12.9. The van der Waals surface area contributed by atoms with Gasteiger partial charge in [-0.25, -0.2) is 0 Å². The zero-order valence-corrected chi connectivity index (χ0v) is 19.3. The fourth-order valence-electron chi connectivity index (χ4n) is 5.06. The number of halogens is 1. The third kappa shape index (κ3) is 7.96. The number of hydrogen-bond donors (Lipinski definition) is 4. The lowest BCUT2D eigenvalue weighted by Crippen LogP contribution is -2.43. The van der Waals surface area contributed by atoms with Crippen LogP contribution in [-0.4, -0.2) is 42.8 Å². The lowest BCUT2D eigenvalue weighted by molar-refractivity contribution is 0.0681. The molecule has 0 atom stereocenters. The molecule has 2 aliphatic rings. The number of aliphatic hydroxyl groups is 1. The molecule has 6 heteroatoms. The molecular weight excluding hydrogens is 410 g/mol. The van der Waals surface area contributed by atoms with Crippen molar-refractivity contribution >= 4 is 23.2 Å². The monoisotopic (exact) mass is 451 g/mol. The van der Waals surface area contributed by atoms with Gasteiger partial charge in [0.1, 0.15) is 0 Å². The summed E-state index contributed by atoms with van der Waals surface area (Å²) < 4.78 is 0. The Labute approximate surface area is 193 Å². The third-order valence-electron chi connectivity index (χ3n) is 6.74. The van der Waals surface area contributed by atoms with Gasteiger partial charge in [0.2, 0.25) is 0 Å². The van der Waals surface area contributed by atoms with E-state index in [1.807, 2.05) is 26.0 Å². The number of benzene rings is 1. The lowest BCUT2D eigenvalue weighted by Gasteiger charge is -2.45. The van der Waals surface area contributed by atoms with Gasteiger partial charge in [-0.2, -0.15) is 0 Å². The van der Waals surface area contributed by atoms with Crippen molar-refractivity contribution in [1.82, 2.24) is 10.6 Å². The molecule has 0 aromatic heterocycles. The number of rotatable bonds is 10. The minimum atomic E-state index is -0.644. The second-order valence-electron chi connectivity index (χ2n) is 9.97. The Bertz CT molecular complexity index is 707. The SMILES string of the molecule is C.CC(C)(O)CCNCCNc1ccc(Cl)c(C(=O)NCC23CCCC(CCC2)C3)c1. The van der Waals surface area contributed by atoms with Crippen molar-refractivity contribution in [3.63, 3.8) is 0 Å². The van der Waals surface area contributed by atoms with Crippen molar-refractivity contribution in [2.24, 2.45) is 11.3 Å². The third-order valence-corrected chi connectivity index (χ3v) is 7.07. The van der Waals surface area contributed by atoms with Crippen molar-refractivity contribution in [2.45, 2.75) is 78.2 Å². The highest BCUT2D eigenvalue weighted by molar-refractivity contribution is 6.34. The summed E-state index contributed by atoms with van der Waals surface area (Å²) in [5.74, 6) is 0.784. The average Bonchev–Trinajstić information content (AvgIpc) is 2.69. The van der Waals surface area contributed by atoms with Gasteiger partial charge in [0.15, 0.2) is 0 Å². The van der Waals surface area contributed by atoms with Gasteiger partial charge in [-0.05, 0) is 75.6 Å². The molecule has 0 saturated heterocycles. The number of nitrogens with one attached hydrogen (secondary N) is 3. The van der Waals surface area contributed by atoms with E-state index in [0.717, 1.165) is 37.8 Å². The first-order chi connectivity index (χ1) is 14.3. The van der Waals surface area contributed by atoms with Crippen molar-refractivity contribution in [1.29, 1.82) is 0 Å². The van der Waals surface area contributed by atoms with Crippen LogP contribution in [0.1, 0.15) is 83.0 Å². The second-order valence-corrected chi connectivity index (χ2v) is 10.4. The van der Waals surface area contributed by atoms with Gasteiger partial charge in [-0.1, -0.05) is 44.7 Å². The van der Waals surface area contributed by atoms with Crippen LogP contribution in [0.3, 0.4) is 0 Å². The first kappa shape index (κ1) is 26.0. The van der Waals surface area contributed by atoms with E-state index in [0.29, 0.717) is 22.4 Å². The number of carbonyl (C=O) groups excluding carboxylic acids is 1. The number of amides is 1. The van der Waals surface area contributed by atoms with Crippen LogP contribution in [0, 0.1) is 11.3 Å². The van der Waals surface area contributed by atoms with E-state index < -0.39 is 5.60 Å². The minimum absolute atomic E-state index is 0. The van der Waals surface area contributed by atoms with Crippen LogP contribution in [0.15, 0.2) is 18.2 Å². The van der Waals surface area contributed by atoms with Crippen molar-refractivity contribution in [3.8, 4) is 0 Å². The van der Waals surface area contributed by atoms with Crippen LogP contribution in [0.4, 0.5) is 5.69 Å². The van der Waals surface area contributed by atoms with Crippen LogP contribution in [0.5, 0.6) is 0 Å². The normalized spacial score (nSPS) is 23.0. The van der Waals surface area contributed by atoms with Gasteiger partial charge in [-0.15, -0.1) is 0 Å². The number of anilines is 1. The van der Waals surface area contributed by atoms with Crippen LogP contribution >= 0.6 is 11.6 Å². The van der Waals surface area contributed by atoms with E-state index in [2.05, 4.69) is 16.0 Å². The van der Waals surface area contributed by atoms with Gasteiger partial charge in [-0.3, -0.25) is 4.79 Å². The highest BCUT2D eigenvalue weighted by Crippen LogP contribution is 2.48. The maximum atomic E-state index is 12.9. The van der Waals surface area contributed by atoms with E-state index in [9.17, 15) is 9.90 Å². The summed E-state index contributed by atoms with van der Waals surface area (Å²) >= 11 is 6.34. The van der Waals surface area contributed by atoms with Gasteiger partial charge in [0.05, 0.1) is 16.2 Å². The molecule has 0 heterocycles. The van der Waals surface area contributed by atoms with Crippen molar-refractivity contribution < 1.29 is 9.90 Å². The molecule has 2 fully saturated rings. The first-order valence-corrected chi connectivity index (χ1v) is 11.9. The lowest BCUT2D eigenvalue weighted by atomic mass is 9.62. The molecular formula is C25H42ClN3O2. The molecule has 5 nitrogen and oxygen atoms in total. The summed E-state index contributed by atoms with van der Waals surface area (Å²) in [5, 5.41) is 20.1. The summed E-state index contributed by atoms with van der Waals surface area (Å²) in [6.45, 7) is 6.67. The fraction of sp³-hybridized carbons (Fsp3) is 0.720. The van der Waals surface area contributed by atoms with E-state index >= 15 is 0 Å². The maximum absolute atomic E-state index is 12.9. The Kier molecular flexibility index (Phi) is 9.66. The molecule has 2 aliphatic carbocycles. The predicted molar refractivity (Wildman–Crippen MR) is 131 cm³/mol. The molecule has 0 spiro atoms. The largest absolute Gasteiger partial charge is 0.390 e. The quantitative estimate of drug-likeness (QED) is 0.367. The molecule has 1 amide bonds. The van der Waals surface area contributed by atoms with Crippen molar-refractivity contribution in [3.05, 3.63) is 28.8 Å². The smallest absolute Gasteiger partial charge is 0.252 e. The molecule has 4 N–H and O–H groups in total. The van der Waals surface area contributed by atoms with E-state index in [1.165, 1.54) is 44.9 Å². The van der Waals surface area contributed by atoms with Crippen molar-refractivity contribution in [2.75, 3.05) is 31.5 Å². The molecule has 31 heavy (non-hydrogen) atoms. The molecule has 0 radical (unpaired) electrons. The van der Waals surface area contributed by atoms with E-state index in [1.54, 1.807) is 6.07 Å². The molecule has 0 aliphatic heterocycles. The highest BCUT2D eigenvalue weighted by Gasteiger charge is 2.39. The van der Waals surface area contributed by atoms with Crippen LogP contribution in [-0.2, 0) is 0 Å². The Hall–Kier alpha value is -1.30. The first-order valence-electron chi connectivity index (χ1n) is 11.5. The predicted octanol–water partition coefficient (Wildman–Crippen LogP) is 5.23. The van der Waals surface area contributed by atoms with Gasteiger partial charge < -0.3 is 21.1 Å². The molecule has 0 unspecified atom stereocenters. The number of hydrogen-bond acceptors (Lipinski definition) is 4. The Morgan fingerprint density at radius 1 is 1.19 bits per heavy atom. The van der Waals surface area contributed by atoms with Crippen LogP contribution in [0.25, 0.3) is 0 Å². The molecule has 2 saturated carbocycles. The Balaban J connectivity index is 0.00000341. The summed E-state index contributed by atoms with van der Waals surface area (Å²) in [6, 6.07) is 5.54. The van der Waals surface area contributed by atoms with Gasteiger partial charge >= 0.3 is 0 Å². The van der Waals surface area contributed by atoms with Crippen LogP contribution in [0.2, 0.25) is 5.02 Å². The standard InChI is InChI=1S/C24H38ClN3O2.CH4/c1-23(2,30)11-12-26-13-14-27-19-7-8-21(25)20(15-19)22(29)28-17-24-9-3-5-18(16-24)6-4-10-24;/h7-8,15,18,26-27,30H,3-6,9-14,16-17H2,1-2H3,(H,28,29);1H4. The van der Waals surface area contributed by atoms with E-state index in [4.69, 9.17) is 11.6 Å². The van der Waals surface area contributed by atoms with Gasteiger partial charge in [0.25, 0.3) is 5.91 Å². The maximum Gasteiger partial charge on any atom is 0.252 e. The second kappa shape index (κ2) is 11.5.